The molecule has 1 heterocycles. The van der Waals surface area contributed by atoms with E-state index in [-0.39, 0.29) is 12.5 Å². The number of hydrogen-bond acceptors (Lipinski definition) is 8. The highest BCUT2D eigenvalue weighted by Crippen LogP contribution is 2.23. The van der Waals surface area contributed by atoms with E-state index in [1.807, 2.05) is 6.08 Å². The minimum atomic E-state index is -1.59. The first-order chi connectivity index (χ1) is 39.3. The number of aliphatic hydroxyl groups excluding tert-OH is 5. The molecule has 0 saturated carbocycles. The molecular weight excluding hydrogens is 995 g/mol. The molecule has 0 spiro atoms. The number of rotatable bonds is 52. The van der Waals surface area contributed by atoms with Crippen LogP contribution in [0.5, 0.6) is 0 Å². The van der Waals surface area contributed by atoms with Crippen LogP contribution in [0.4, 0.5) is 0 Å². The summed E-state index contributed by atoms with van der Waals surface area (Å²) >= 11 is 0. The molecular formula is C71H115NO8. The van der Waals surface area contributed by atoms with Crippen molar-refractivity contribution in [2.24, 2.45) is 0 Å². The molecule has 1 rings (SSSR count). The van der Waals surface area contributed by atoms with Gasteiger partial charge in [0.25, 0.3) is 0 Å². The molecule has 0 bridgehead atoms. The van der Waals surface area contributed by atoms with Crippen molar-refractivity contribution in [1.29, 1.82) is 0 Å². The number of allylic oxidation sites excluding steroid dienone is 25. The zero-order valence-electron chi connectivity index (χ0n) is 50.3. The fourth-order valence-corrected chi connectivity index (χ4v) is 8.86. The lowest BCUT2D eigenvalue weighted by Gasteiger charge is -2.40. The molecule has 1 fully saturated rings. The third-order valence-corrected chi connectivity index (χ3v) is 13.8. The van der Waals surface area contributed by atoms with Crippen molar-refractivity contribution < 1.29 is 39.8 Å². The third-order valence-electron chi connectivity index (χ3n) is 13.8. The summed E-state index contributed by atoms with van der Waals surface area (Å²) in [6, 6.07) is -0.849. The number of aliphatic hydroxyl groups is 5. The maximum absolute atomic E-state index is 13.1. The Labute approximate surface area is 488 Å². The van der Waals surface area contributed by atoms with Gasteiger partial charge in [-0.05, 0) is 122 Å². The van der Waals surface area contributed by atoms with Crippen molar-refractivity contribution in [2.75, 3.05) is 13.2 Å². The maximum Gasteiger partial charge on any atom is 0.220 e. The van der Waals surface area contributed by atoms with Gasteiger partial charge < -0.3 is 40.3 Å². The smallest absolute Gasteiger partial charge is 0.220 e. The summed E-state index contributed by atoms with van der Waals surface area (Å²) in [6.45, 7) is 3.62. The van der Waals surface area contributed by atoms with Crippen molar-refractivity contribution in [3.63, 3.8) is 0 Å². The second-order valence-electron chi connectivity index (χ2n) is 21.1. The third kappa shape index (κ3) is 46.4. The highest BCUT2D eigenvalue weighted by atomic mass is 16.7. The molecule has 1 amide bonds. The van der Waals surface area contributed by atoms with E-state index in [1.54, 1.807) is 6.08 Å². The first-order valence-electron chi connectivity index (χ1n) is 31.7. The molecule has 7 atom stereocenters. The topological polar surface area (TPSA) is 149 Å². The second kappa shape index (κ2) is 58.0. The van der Waals surface area contributed by atoms with E-state index >= 15 is 0 Å². The number of carbonyl (C=O) groups is 1. The molecule has 80 heavy (non-hydrogen) atoms. The zero-order valence-corrected chi connectivity index (χ0v) is 50.3. The number of hydrogen-bond donors (Lipinski definition) is 6. The highest BCUT2D eigenvalue weighted by molar-refractivity contribution is 5.76. The number of carbonyl (C=O) groups excluding carboxylic acids is 1. The van der Waals surface area contributed by atoms with Gasteiger partial charge in [-0.25, -0.2) is 0 Å². The lowest BCUT2D eigenvalue weighted by atomic mass is 9.99. The summed E-state index contributed by atoms with van der Waals surface area (Å²) < 4.78 is 11.3. The van der Waals surface area contributed by atoms with Crippen LogP contribution >= 0.6 is 0 Å². The Hall–Kier alpha value is -4.19. The van der Waals surface area contributed by atoms with Gasteiger partial charge in [-0.3, -0.25) is 4.79 Å². The number of amides is 1. The predicted molar refractivity (Wildman–Crippen MR) is 340 cm³/mol. The standard InChI is InChI=1S/C71H115NO8/c1-3-5-7-9-11-13-15-17-19-21-23-25-26-27-28-29-30-31-32-33-34-35-36-37-38-39-40-41-43-45-47-49-51-53-55-57-59-61-67(75)72-64(63-79-71-70(78)69(77)68(76)66(62-73)80-71)65(74)60-58-56-54-52-50-48-46-44-42-24-22-20-18-16-14-12-10-8-6-4-2/h5,7,11,13,17,19,23,25,27-28,30-31,33-34,36-37,39-40,42-45,50,52,58,60,64-66,68-71,73-74,76-78H,3-4,6,8-10,12,14-16,18,20-22,24,26,29,32,35,38,41,46-49,51,53-57,59,61-63H2,1-2H3,(H,72,75)/b7-5-,13-11-,19-17-,25-23-,28-27-,31-30-,34-33-,37-36-,40-39-,44-42+,45-43-,52-50+,60-58+. The van der Waals surface area contributed by atoms with Crippen LogP contribution < -0.4 is 5.32 Å². The Morgan fingerprint density at radius 1 is 0.438 bits per heavy atom. The fourth-order valence-electron chi connectivity index (χ4n) is 8.86. The molecule has 0 aromatic heterocycles. The van der Waals surface area contributed by atoms with E-state index in [9.17, 15) is 30.3 Å². The molecule has 1 aliphatic heterocycles. The van der Waals surface area contributed by atoms with Gasteiger partial charge in [-0.15, -0.1) is 0 Å². The summed E-state index contributed by atoms with van der Waals surface area (Å²) in [5.74, 6) is -0.212. The molecule has 7 unspecified atom stereocenters. The first kappa shape index (κ1) is 73.8. The van der Waals surface area contributed by atoms with Crippen molar-refractivity contribution in [3.8, 4) is 0 Å². The van der Waals surface area contributed by atoms with Gasteiger partial charge in [0.2, 0.25) is 5.91 Å². The highest BCUT2D eigenvalue weighted by Gasteiger charge is 2.44. The monoisotopic (exact) mass is 1110 g/mol. The summed E-state index contributed by atoms with van der Waals surface area (Å²) in [4.78, 5) is 13.1. The maximum atomic E-state index is 13.1. The van der Waals surface area contributed by atoms with Gasteiger partial charge in [0.05, 0.1) is 25.4 Å². The average Bonchev–Trinajstić information content (AvgIpc) is 3.46. The van der Waals surface area contributed by atoms with Gasteiger partial charge in [0, 0.05) is 6.42 Å². The minimum absolute atomic E-state index is 0.212. The number of ether oxygens (including phenoxy) is 2. The van der Waals surface area contributed by atoms with E-state index in [0.29, 0.717) is 6.42 Å². The average molecular weight is 1110 g/mol. The van der Waals surface area contributed by atoms with E-state index in [1.165, 1.54) is 64.2 Å². The van der Waals surface area contributed by atoms with E-state index in [2.05, 4.69) is 165 Å². The van der Waals surface area contributed by atoms with Crippen LogP contribution in [-0.2, 0) is 14.3 Å². The predicted octanol–water partition coefficient (Wildman–Crippen LogP) is 16.8. The quantitative estimate of drug-likeness (QED) is 0.0261. The number of nitrogens with one attached hydrogen (secondary N) is 1. The molecule has 0 aliphatic carbocycles. The van der Waals surface area contributed by atoms with Gasteiger partial charge >= 0.3 is 0 Å². The largest absolute Gasteiger partial charge is 0.394 e. The lowest BCUT2D eigenvalue weighted by molar-refractivity contribution is -0.302. The summed E-state index contributed by atoms with van der Waals surface area (Å²) in [5.41, 5.74) is 0. The normalized spacial score (nSPS) is 19.6. The summed E-state index contributed by atoms with van der Waals surface area (Å²) in [5, 5.41) is 54.6. The fraction of sp³-hybridized carbons (Fsp3) is 0.620. The van der Waals surface area contributed by atoms with Gasteiger partial charge in [0.1, 0.15) is 24.4 Å². The van der Waals surface area contributed by atoms with Gasteiger partial charge in [-0.2, -0.15) is 0 Å². The molecule has 9 nitrogen and oxygen atoms in total. The van der Waals surface area contributed by atoms with Gasteiger partial charge in [-0.1, -0.05) is 255 Å². The van der Waals surface area contributed by atoms with Crippen LogP contribution in [0.15, 0.2) is 158 Å². The Bertz CT molecular complexity index is 1810. The molecule has 1 aliphatic rings. The summed E-state index contributed by atoms with van der Waals surface area (Å²) in [7, 11) is 0. The van der Waals surface area contributed by atoms with Crippen LogP contribution in [0.3, 0.4) is 0 Å². The Morgan fingerprint density at radius 2 is 0.787 bits per heavy atom. The zero-order chi connectivity index (χ0) is 57.9. The molecule has 1 saturated heterocycles. The van der Waals surface area contributed by atoms with Crippen LogP contribution in [0.2, 0.25) is 0 Å². The molecule has 6 N–H and O–H groups in total. The van der Waals surface area contributed by atoms with Crippen LogP contribution in [-0.4, -0.2) is 87.5 Å². The molecule has 0 aromatic rings. The van der Waals surface area contributed by atoms with E-state index < -0.39 is 49.5 Å². The Morgan fingerprint density at radius 3 is 1.20 bits per heavy atom. The van der Waals surface area contributed by atoms with Crippen LogP contribution in [0.1, 0.15) is 226 Å². The first-order valence-corrected chi connectivity index (χ1v) is 31.7. The van der Waals surface area contributed by atoms with Crippen LogP contribution in [0, 0.1) is 0 Å². The molecule has 0 aromatic carbocycles. The molecule has 0 radical (unpaired) electrons. The van der Waals surface area contributed by atoms with E-state index in [0.717, 1.165) is 141 Å². The van der Waals surface area contributed by atoms with Crippen LogP contribution in [0.25, 0.3) is 0 Å². The minimum Gasteiger partial charge on any atom is -0.394 e. The summed E-state index contributed by atoms with van der Waals surface area (Å²) in [6.07, 6.45) is 84.5. The van der Waals surface area contributed by atoms with Crippen molar-refractivity contribution in [2.45, 2.75) is 269 Å². The lowest BCUT2D eigenvalue weighted by Crippen LogP contribution is -2.60. The van der Waals surface area contributed by atoms with Crippen molar-refractivity contribution >= 4 is 5.91 Å². The van der Waals surface area contributed by atoms with E-state index in [4.69, 9.17) is 9.47 Å². The van der Waals surface area contributed by atoms with Gasteiger partial charge in [0.15, 0.2) is 6.29 Å². The van der Waals surface area contributed by atoms with Crippen molar-refractivity contribution in [3.05, 3.63) is 158 Å². The SMILES string of the molecule is CC/C=C\C/C=C\C/C=C\C/C=C\C/C=C\C/C=C\C/C=C\C/C=C\C/C=C\C/C=C\CCCCCCCCC(=O)NC(COC1OC(CO)C(O)C(O)C1O)C(O)/C=C/CC/C=C/CC/C=C/CCCCCCCCCCCC. The Balaban J connectivity index is 2.24. The van der Waals surface area contributed by atoms with Crippen molar-refractivity contribution in [1.82, 2.24) is 5.32 Å². The molecule has 452 valence electrons. The number of unbranched alkanes of at least 4 members (excludes halogenated alkanes) is 18. The Kier molecular flexibility index (Phi) is 53.5. The second-order valence-corrected chi connectivity index (χ2v) is 21.1. The molecule has 9 heteroatoms.